The van der Waals surface area contributed by atoms with E-state index in [0.717, 1.165) is 6.42 Å². The van der Waals surface area contributed by atoms with Crippen LogP contribution in [0.15, 0.2) is 24.3 Å². The van der Waals surface area contributed by atoms with Gasteiger partial charge in [0.25, 0.3) is 0 Å². The minimum absolute atomic E-state index is 0.331. The average Bonchev–Trinajstić information content (AvgIpc) is 2.14. The van der Waals surface area contributed by atoms with Gasteiger partial charge in [0.05, 0.1) is 5.56 Å². The van der Waals surface area contributed by atoms with Crippen LogP contribution in [-0.4, -0.2) is 10.7 Å². The van der Waals surface area contributed by atoms with E-state index in [1.807, 2.05) is 0 Å². The molecular weight excluding hydrogens is 179 g/mol. The van der Waals surface area contributed by atoms with Gasteiger partial charge in [-0.05, 0) is 31.4 Å². The molecule has 1 saturated carbocycles. The van der Waals surface area contributed by atoms with E-state index >= 15 is 0 Å². The largest absolute Gasteiger partial charge is 0.378 e. The Balaban J connectivity index is 2.21. The summed E-state index contributed by atoms with van der Waals surface area (Å²) in [6.07, 6.45) is 2.41. The molecule has 0 unspecified atom stereocenters. The van der Waals surface area contributed by atoms with Gasteiger partial charge in [0.2, 0.25) is 0 Å². The van der Waals surface area contributed by atoms with Gasteiger partial charge in [-0.25, -0.2) is 4.39 Å². The SMILES string of the molecule is OC1(C#Cc2ccccc2F)CCC1. The smallest absolute Gasteiger partial charge is 0.138 e. The number of aliphatic hydroxyl groups is 1. The van der Waals surface area contributed by atoms with Crippen LogP contribution in [0.5, 0.6) is 0 Å². The summed E-state index contributed by atoms with van der Waals surface area (Å²) in [4.78, 5) is 0. The van der Waals surface area contributed by atoms with Crippen molar-refractivity contribution in [2.45, 2.75) is 24.9 Å². The molecule has 1 aromatic rings. The molecule has 0 aromatic heterocycles. The molecule has 0 spiro atoms. The molecule has 14 heavy (non-hydrogen) atoms. The molecule has 0 saturated heterocycles. The second-order valence-corrected chi connectivity index (χ2v) is 3.61. The van der Waals surface area contributed by atoms with Crippen molar-refractivity contribution in [2.24, 2.45) is 0 Å². The predicted octanol–water partition coefficient (Wildman–Crippen LogP) is 2.09. The molecule has 1 aliphatic rings. The molecule has 0 amide bonds. The second-order valence-electron chi connectivity index (χ2n) is 3.61. The summed E-state index contributed by atoms with van der Waals surface area (Å²) in [5, 5.41) is 9.67. The fourth-order valence-corrected chi connectivity index (χ4v) is 1.38. The highest BCUT2D eigenvalue weighted by Crippen LogP contribution is 2.30. The first-order chi connectivity index (χ1) is 6.70. The average molecular weight is 190 g/mol. The maximum Gasteiger partial charge on any atom is 0.138 e. The van der Waals surface area contributed by atoms with Crippen LogP contribution in [0.25, 0.3) is 0 Å². The van der Waals surface area contributed by atoms with Crippen molar-refractivity contribution in [3.8, 4) is 11.8 Å². The molecule has 0 aliphatic heterocycles. The van der Waals surface area contributed by atoms with Gasteiger partial charge in [0, 0.05) is 0 Å². The van der Waals surface area contributed by atoms with E-state index in [4.69, 9.17) is 0 Å². The van der Waals surface area contributed by atoms with Gasteiger partial charge in [-0.1, -0.05) is 24.0 Å². The first-order valence-electron chi connectivity index (χ1n) is 4.70. The van der Waals surface area contributed by atoms with Gasteiger partial charge in [-0.3, -0.25) is 0 Å². The second kappa shape index (κ2) is 3.43. The van der Waals surface area contributed by atoms with Gasteiger partial charge in [-0.15, -0.1) is 0 Å². The summed E-state index contributed by atoms with van der Waals surface area (Å²) in [5.41, 5.74) is -0.504. The Kier molecular flexibility index (Phi) is 2.26. The lowest BCUT2D eigenvalue weighted by molar-refractivity contribution is 0.0240. The summed E-state index contributed by atoms with van der Waals surface area (Å²) >= 11 is 0. The number of hydrogen-bond donors (Lipinski definition) is 1. The van der Waals surface area contributed by atoms with E-state index in [1.54, 1.807) is 18.2 Å². The van der Waals surface area contributed by atoms with Gasteiger partial charge in [0.15, 0.2) is 0 Å². The number of benzene rings is 1. The lowest BCUT2D eigenvalue weighted by Crippen LogP contribution is -2.34. The van der Waals surface area contributed by atoms with Crippen molar-refractivity contribution in [3.63, 3.8) is 0 Å². The molecule has 0 atom stereocenters. The van der Waals surface area contributed by atoms with Crippen LogP contribution >= 0.6 is 0 Å². The first-order valence-corrected chi connectivity index (χ1v) is 4.70. The van der Waals surface area contributed by atoms with Crippen molar-refractivity contribution in [1.82, 2.24) is 0 Å². The maximum absolute atomic E-state index is 13.1. The van der Waals surface area contributed by atoms with Crippen LogP contribution in [0.4, 0.5) is 4.39 Å². The molecule has 2 rings (SSSR count). The third kappa shape index (κ3) is 1.78. The fourth-order valence-electron chi connectivity index (χ4n) is 1.38. The Hall–Kier alpha value is -1.33. The number of rotatable bonds is 0. The fraction of sp³-hybridized carbons (Fsp3) is 0.333. The summed E-state index contributed by atoms with van der Waals surface area (Å²) in [5.74, 6) is 5.07. The minimum Gasteiger partial charge on any atom is -0.378 e. The monoisotopic (exact) mass is 190 g/mol. The lowest BCUT2D eigenvalue weighted by atomic mass is 9.81. The van der Waals surface area contributed by atoms with Crippen LogP contribution in [0.3, 0.4) is 0 Å². The summed E-state index contributed by atoms with van der Waals surface area (Å²) < 4.78 is 13.1. The van der Waals surface area contributed by atoms with Crippen LogP contribution in [0.1, 0.15) is 24.8 Å². The van der Waals surface area contributed by atoms with E-state index in [2.05, 4.69) is 11.8 Å². The van der Waals surface area contributed by atoms with E-state index in [9.17, 15) is 9.50 Å². The van der Waals surface area contributed by atoms with Gasteiger partial charge >= 0.3 is 0 Å². The van der Waals surface area contributed by atoms with Crippen LogP contribution in [0.2, 0.25) is 0 Å². The normalized spacial score (nSPS) is 17.9. The molecule has 0 radical (unpaired) electrons. The molecule has 1 N–H and O–H groups in total. The molecule has 72 valence electrons. The number of halogens is 1. The minimum atomic E-state index is -0.859. The van der Waals surface area contributed by atoms with Gasteiger partial charge < -0.3 is 5.11 Å². The van der Waals surface area contributed by atoms with Gasteiger partial charge in [0.1, 0.15) is 11.4 Å². The third-order valence-electron chi connectivity index (χ3n) is 2.48. The zero-order chi connectivity index (χ0) is 10.0. The van der Waals surface area contributed by atoms with Gasteiger partial charge in [-0.2, -0.15) is 0 Å². The topological polar surface area (TPSA) is 20.2 Å². The Morgan fingerprint density at radius 1 is 1.29 bits per heavy atom. The Labute approximate surface area is 82.6 Å². The highest BCUT2D eigenvalue weighted by atomic mass is 19.1. The molecule has 1 aliphatic carbocycles. The van der Waals surface area contributed by atoms with Crippen molar-refractivity contribution in [2.75, 3.05) is 0 Å². The molecule has 1 aromatic carbocycles. The van der Waals surface area contributed by atoms with E-state index in [0.29, 0.717) is 18.4 Å². The Morgan fingerprint density at radius 2 is 2.00 bits per heavy atom. The highest BCUT2D eigenvalue weighted by Gasteiger charge is 2.32. The highest BCUT2D eigenvalue weighted by molar-refractivity contribution is 5.37. The molecule has 1 fully saturated rings. The molecule has 1 nitrogen and oxygen atoms in total. The third-order valence-corrected chi connectivity index (χ3v) is 2.48. The molecule has 2 heteroatoms. The van der Waals surface area contributed by atoms with Crippen LogP contribution in [-0.2, 0) is 0 Å². The molecule has 0 heterocycles. The van der Waals surface area contributed by atoms with E-state index < -0.39 is 5.60 Å². The predicted molar refractivity (Wildman–Crippen MR) is 52.1 cm³/mol. The Morgan fingerprint density at radius 3 is 2.57 bits per heavy atom. The molecular formula is C12H11FO. The first kappa shape index (κ1) is 9.23. The quantitative estimate of drug-likeness (QED) is 0.621. The van der Waals surface area contributed by atoms with Crippen molar-refractivity contribution in [1.29, 1.82) is 0 Å². The van der Waals surface area contributed by atoms with Crippen LogP contribution in [0, 0.1) is 17.7 Å². The summed E-state index contributed by atoms with van der Waals surface area (Å²) in [6, 6.07) is 6.34. The van der Waals surface area contributed by atoms with Crippen molar-refractivity contribution >= 4 is 0 Å². The Bertz CT molecular complexity index is 396. The molecule has 0 bridgehead atoms. The van der Waals surface area contributed by atoms with Crippen molar-refractivity contribution < 1.29 is 9.50 Å². The van der Waals surface area contributed by atoms with E-state index in [1.165, 1.54) is 6.07 Å². The standard InChI is InChI=1S/C12H11FO/c13-11-5-2-1-4-10(11)6-9-12(14)7-3-8-12/h1-2,4-5,14H,3,7-8H2. The summed E-state index contributed by atoms with van der Waals surface area (Å²) in [7, 11) is 0. The van der Waals surface area contributed by atoms with E-state index in [-0.39, 0.29) is 5.82 Å². The van der Waals surface area contributed by atoms with Crippen molar-refractivity contribution in [3.05, 3.63) is 35.6 Å². The lowest BCUT2D eigenvalue weighted by Gasteiger charge is -2.30. The number of hydrogen-bond acceptors (Lipinski definition) is 1. The zero-order valence-electron chi connectivity index (χ0n) is 7.76. The summed E-state index contributed by atoms with van der Waals surface area (Å²) in [6.45, 7) is 0. The zero-order valence-corrected chi connectivity index (χ0v) is 7.76. The van der Waals surface area contributed by atoms with Crippen LogP contribution < -0.4 is 0 Å². The maximum atomic E-state index is 13.1.